The Bertz CT molecular complexity index is 485. The van der Waals surface area contributed by atoms with Gasteiger partial charge in [-0.15, -0.1) is 0 Å². The standard InChI is InChI=1S/C7H4ClNO3/c8-3-1-4(10)6-5(2-3)12-7(11)9-6/h1-2,10H,(H,9,11). The molecule has 0 radical (unpaired) electrons. The van der Waals surface area contributed by atoms with E-state index in [1.165, 1.54) is 12.1 Å². The van der Waals surface area contributed by atoms with Crippen molar-refractivity contribution in [2.45, 2.75) is 0 Å². The maximum Gasteiger partial charge on any atom is 0.417 e. The number of aromatic amines is 1. The van der Waals surface area contributed by atoms with Gasteiger partial charge < -0.3 is 9.52 Å². The lowest BCUT2D eigenvalue weighted by Crippen LogP contribution is -1.92. The van der Waals surface area contributed by atoms with Crippen LogP contribution in [0.15, 0.2) is 21.3 Å². The van der Waals surface area contributed by atoms with Crippen molar-refractivity contribution in [1.29, 1.82) is 0 Å². The Hall–Kier alpha value is -1.42. The number of phenols is 1. The zero-order valence-electron chi connectivity index (χ0n) is 5.80. The minimum absolute atomic E-state index is 0.0941. The van der Waals surface area contributed by atoms with E-state index in [9.17, 15) is 9.90 Å². The highest BCUT2D eigenvalue weighted by molar-refractivity contribution is 6.31. The van der Waals surface area contributed by atoms with E-state index in [4.69, 9.17) is 11.6 Å². The van der Waals surface area contributed by atoms with E-state index in [2.05, 4.69) is 9.40 Å². The highest BCUT2D eigenvalue weighted by Crippen LogP contribution is 2.26. The van der Waals surface area contributed by atoms with Crippen LogP contribution in [0.5, 0.6) is 5.75 Å². The maximum absolute atomic E-state index is 10.7. The van der Waals surface area contributed by atoms with Gasteiger partial charge in [0.05, 0.1) is 0 Å². The van der Waals surface area contributed by atoms with Gasteiger partial charge in [0, 0.05) is 17.2 Å². The first kappa shape index (κ1) is 7.24. The molecular weight excluding hydrogens is 182 g/mol. The quantitative estimate of drug-likeness (QED) is 0.653. The number of oxazole rings is 1. The Morgan fingerprint density at radius 1 is 1.50 bits per heavy atom. The summed E-state index contributed by atoms with van der Waals surface area (Å²) in [4.78, 5) is 13.0. The molecule has 0 unspecified atom stereocenters. The minimum atomic E-state index is -0.609. The van der Waals surface area contributed by atoms with Crippen LogP contribution in [0.1, 0.15) is 0 Å². The average Bonchev–Trinajstić information content (AvgIpc) is 2.29. The topological polar surface area (TPSA) is 66.2 Å². The summed E-state index contributed by atoms with van der Waals surface area (Å²) in [6.45, 7) is 0. The number of benzene rings is 1. The third-order valence-corrected chi connectivity index (χ3v) is 1.69. The number of fused-ring (bicyclic) bond motifs is 1. The number of hydrogen-bond donors (Lipinski definition) is 2. The van der Waals surface area contributed by atoms with E-state index in [1.54, 1.807) is 0 Å². The van der Waals surface area contributed by atoms with Crippen LogP contribution < -0.4 is 5.76 Å². The number of aromatic hydroxyl groups is 1. The average molecular weight is 186 g/mol. The van der Waals surface area contributed by atoms with Crippen LogP contribution in [0.2, 0.25) is 5.02 Å². The highest BCUT2D eigenvalue weighted by Gasteiger charge is 2.06. The fourth-order valence-corrected chi connectivity index (χ4v) is 1.20. The Labute approximate surface area is 71.4 Å². The van der Waals surface area contributed by atoms with E-state index in [-0.39, 0.29) is 16.8 Å². The molecule has 1 heterocycles. The van der Waals surface area contributed by atoms with Crippen molar-refractivity contribution < 1.29 is 9.52 Å². The molecule has 0 atom stereocenters. The van der Waals surface area contributed by atoms with Crippen molar-refractivity contribution in [3.63, 3.8) is 0 Å². The summed E-state index contributed by atoms with van der Waals surface area (Å²) < 4.78 is 4.67. The summed E-state index contributed by atoms with van der Waals surface area (Å²) >= 11 is 5.60. The molecule has 0 saturated heterocycles. The van der Waals surface area contributed by atoms with Crippen molar-refractivity contribution in [2.75, 3.05) is 0 Å². The van der Waals surface area contributed by atoms with Crippen LogP contribution in [0.3, 0.4) is 0 Å². The molecule has 2 aromatic rings. The fraction of sp³-hybridized carbons (Fsp3) is 0. The van der Waals surface area contributed by atoms with Gasteiger partial charge in [-0.25, -0.2) is 4.79 Å². The molecule has 0 amide bonds. The lowest BCUT2D eigenvalue weighted by Gasteiger charge is -1.92. The molecule has 2 N–H and O–H groups in total. The van der Waals surface area contributed by atoms with E-state index >= 15 is 0 Å². The normalized spacial score (nSPS) is 10.8. The molecule has 0 aliphatic carbocycles. The van der Waals surface area contributed by atoms with E-state index in [0.717, 1.165) is 0 Å². The van der Waals surface area contributed by atoms with Gasteiger partial charge >= 0.3 is 5.76 Å². The second-order valence-electron chi connectivity index (χ2n) is 2.31. The third-order valence-electron chi connectivity index (χ3n) is 1.48. The molecule has 0 aliphatic heterocycles. The number of hydrogen-bond acceptors (Lipinski definition) is 3. The summed E-state index contributed by atoms with van der Waals surface area (Å²) in [7, 11) is 0. The molecule has 0 saturated carbocycles. The van der Waals surface area contributed by atoms with Gasteiger partial charge in [0.1, 0.15) is 11.3 Å². The van der Waals surface area contributed by atoms with Crippen LogP contribution in [-0.4, -0.2) is 10.1 Å². The zero-order chi connectivity index (χ0) is 8.72. The highest BCUT2D eigenvalue weighted by atomic mass is 35.5. The number of phenolic OH excluding ortho intramolecular Hbond substituents is 1. The molecule has 0 fully saturated rings. The number of rotatable bonds is 0. The monoisotopic (exact) mass is 185 g/mol. The molecule has 2 rings (SSSR count). The van der Waals surface area contributed by atoms with Crippen LogP contribution >= 0.6 is 11.6 Å². The van der Waals surface area contributed by atoms with Crippen molar-refractivity contribution in [3.05, 3.63) is 27.7 Å². The molecule has 4 nitrogen and oxygen atoms in total. The van der Waals surface area contributed by atoms with Crippen molar-refractivity contribution in [3.8, 4) is 5.75 Å². The third kappa shape index (κ3) is 0.967. The first-order valence-electron chi connectivity index (χ1n) is 3.18. The molecule has 0 bridgehead atoms. The lowest BCUT2D eigenvalue weighted by atomic mass is 10.3. The second-order valence-corrected chi connectivity index (χ2v) is 2.75. The summed E-state index contributed by atoms with van der Waals surface area (Å²) in [5.74, 6) is -0.703. The van der Waals surface area contributed by atoms with Crippen LogP contribution in [0.25, 0.3) is 11.1 Å². The number of nitrogens with one attached hydrogen (secondary N) is 1. The van der Waals surface area contributed by atoms with Gasteiger partial charge in [0.2, 0.25) is 0 Å². The van der Waals surface area contributed by atoms with Crippen LogP contribution in [0.4, 0.5) is 0 Å². The van der Waals surface area contributed by atoms with Gasteiger partial charge in [0.15, 0.2) is 5.58 Å². The molecule has 0 spiro atoms. The zero-order valence-corrected chi connectivity index (χ0v) is 6.55. The van der Waals surface area contributed by atoms with Crippen molar-refractivity contribution >= 4 is 22.7 Å². The largest absolute Gasteiger partial charge is 0.506 e. The Morgan fingerprint density at radius 2 is 2.25 bits per heavy atom. The summed E-state index contributed by atoms with van der Waals surface area (Å²) in [6, 6.07) is 2.78. The van der Waals surface area contributed by atoms with Gasteiger partial charge in [-0.1, -0.05) is 11.6 Å². The van der Waals surface area contributed by atoms with E-state index < -0.39 is 5.76 Å². The second kappa shape index (κ2) is 2.28. The number of aromatic nitrogens is 1. The minimum Gasteiger partial charge on any atom is -0.506 e. The molecular formula is C7H4ClNO3. The lowest BCUT2D eigenvalue weighted by molar-refractivity contribution is 0.480. The fourth-order valence-electron chi connectivity index (χ4n) is 1.00. The van der Waals surface area contributed by atoms with Gasteiger partial charge in [-0.2, -0.15) is 0 Å². The first-order chi connectivity index (χ1) is 5.66. The summed E-state index contributed by atoms with van der Waals surface area (Å²) in [6.07, 6.45) is 0. The SMILES string of the molecule is O=c1[nH]c2c(O)cc(Cl)cc2o1. The molecule has 5 heteroatoms. The van der Waals surface area contributed by atoms with Crippen molar-refractivity contribution in [2.24, 2.45) is 0 Å². The van der Waals surface area contributed by atoms with Gasteiger partial charge in [-0.3, -0.25) is 4.98 Å². The first-order valence-corrected chi connectivity index (χ1v) is 3.56. The van der Waals surface area contributed by atoms with Gasteiger partial charge in [-0.05, 0) is 0 Å². The Kier molecular flexibility index (Phi) is 1.38. The Balaban J connectivity index is 2.97. The van der Waals surface area contributed by atoms with Crippen molar-refractivity contribution in [1.82, 2.24) is 4.98 Å². The molecule has 1 aromatic carbocycles. The molecule has 12 heavy (non-hydrogen) atoms. The summed E-state index contributed by atoms with van der Waals surface area (Å²) in [5, 5.41) is 9.57. The predicted molar refractivity (Wildman–Crippen MR) is 43.5 cm³/mol. The van der Waals surface area contributed by atoms with Gasteiger partial charge in [0.25, 0.3) is 0 Å². The number of halogens is 1. The molecule has 62 valence electrons. The van der Waals surface area contributed by atoms with E-state index in [1.807, 2.05) is 0 Å². The van der Waals surface area contributed by atoms with Crippen LogP contribution in [-0.2, 0) is 0 Å². The molecule has 1 aromatic heterocycles. The molecule has 0 aliphatic rings. The number of H-pyrrole nitrogens is 1. The summed E-state index contributed by atoms with van der Waals surface area (Å²) in [5.41, 5.74) is 0.523. The van der Waals surface area contributed by atoms with Crippen LogP contribution in [0, 0.1) is 0 Å². The Morgan fingerprint density at radius 3 is 3.00 bits per heavy atom. The van der Waals surface area contributed by atoms with E-state index in [0.29, 0.717) is 5.02 Å². The predicted octanol–water partition coefficient (Wildman–Crippen LogP) is 1.48. The maximum atomic E-state index is 10.7. The smallest absolute Gasteiger partial charge is 0.417 e.